The van der Waals surface area contributed by atoms with Crippen molar-refractivity contribution >= 4 is 11.9 Å². The topological polar surface area (TPSA) is 46.6 Å². The van der Waals surface area contributed by atoms with Gasteiger partial charge in [-0.3, -0.25) is 9.69 Å². The summed E-state index contributed by atoms with van der Waals surface area (Å²) in [7, 11) is 0. The SMILES string of the molecule is CC(C)[C@@H]1CC[C@@H](/C=C/N2CCOC2=O)CC1=O. The van der Waals surface area contributed by atoms with Gasteiger partial charge >= 0.3 is 6.09 Å². The molecule has 0 spiro atoms. The fourth-order valence-electron chi connectivity index (χ4n) is 2.70. The summed E-state index contributed by atoms with van der Waals surface area (Å²) in [6.07, 6.45) is 6.10. The van der Waals surface area contributed by atoms with E-state index in [-0.39, 0.29) is 17.9 Å². The largest absolute Gasteiger partial charge is 0.447 e. The standard InChI is InChI=1S/C14H21NO3/c1-10(2)12-4-3-11(9-13(12)16)5-6-15-7-8-18-14(15)17/h5-6,10-12H,3-4,7-9H2,1-2H3/b6-5+/t11-,12-/m0/s1. The molecule has 1 heterocycles. The maximum absolute atomic E-state index is 12.0. The minimum absolute atomic E-state index is 0.228. The predicted octanol–water partition coefficient (Wildman–Crippen LogP) is 2.59. The summed E-state index contributed by atoms with van der Waals surface area (Å²) in [6, 6.07) is 0. The van der Waals surface area contributed by atoms with Crippen LogP contribution in [0.15, 0.2) is 12.3 Å². The Hall–Kier alpha value is -1.32. The molecule has 0 radical (unpaired) electrons. The van der Waals surface area contributed by atoms with E-state index < -0.39 is 0 Å². The molecule has 1 saturated heterocycles. The lowest BCUT2D eigenvalue weighted by Gasteiger charge is -2.28. The molecule has 1 saturated carbocycles. The van der Waals surface area contributed by atoms with E-state index in [0.29, 0.717) is 31.3 Å². The first kappa shape index (κ1) is 13.1. The molecule has 0 aromatic carbocycles. The molecule has 1 aliphatic heterocycles. The molecular formula is C14H21NO3. The summed E-state index contributed by atoms with van der Waals surface area (Å²) in [5, 5.41) is 0. The van der Waals surface area contributed by atoms with E-state index >= 15 is 0 Å². The Labute approximate surface area is 108 Å². The molecule has 4 nitrogen and oxygen atoms in total. The van der Waals surface area contributed by atoms with E-state index in [0.717, 1.165) is 12.8 Å². The zero-order valence-electron chi connectivity index (χ0n) is 11.1. The lowest BCUT2D eigenvalue weighted by atomic mass is 9.76. The van der Waals surface area contributed by atoms with Gasteiger partial charge in [-0.05, 0) is 24.7 Å². The fraction of sp³-hybridized carbons (Fsp3) is 0.714. The van der Waals surface area contributed by atoms with Crippen molar-refractivity contribution in [2.24, 2.45) is 17.8 Å². The van der Waals surface area contributed by atoms with Crippen molar-refractivity contribution in [3.05, 3.63) is 12.3 Å². The highest BCUT2D eigenvalue weighted by Crippen LogP contribution is 2.31. The number of rotatable bonds is 3. The summed E-state index contributed by atoms with van der Waals surface area (Å²) in [6.45, 7) is 5.30. The summed E-state index contributed by atoms with van der Waals surface area (Å²) in [5.41, 5.74) is 0. The van der Waals surface area contributed by atoms with Gasteiger partial charge in [0.2, 0.25) is 0 Å². The van der Waals surface area contributed by atoms with E-state index in [2.05, 4.69) is 13.8 Å². The van der Waals surface area contributed by atoms with Gasteiger partial charge in [0.15, 0.2) is 0 Å². The summed E-state index contributed by atoms with van der Waals surface area (Å²) < 4.78 is 4.84. The van der Waals surface area contributed by atoms with E-state index in [9.17, 15) is 9.59 Å². The van der Waals surface area contributed by atoms with E-state index in [1.807, 2.05) is 6.08 Å². The number of ether oxygens (including phenoxy) is 1. The number of hydrogen-bond acceptors (Lipinski definition) is 3. The van der Waals surface area contributed by atoms with Crippen LogP contribution in [0.5, 0.6) is 0 Å². The minimum atomic E-state index is -0.284. The molecule has 0 unspecified atom stereocenters. The van der Waals surface area contributed by atoms with Crippen molar-refractivity contribution in [2.75, 3.05) is 13.2 Å². The van der Waals surface area contributed by atoms with Crippen LogP contribution in [0.2, 0.25) is 0 Å². The second kappa shape index (κ2) is 5.55. The molecule has 0 aromatic heterocycles. The van der Waals surface area contributed by atoms with Crippen LogP contribution in [0.3, 0.4) is 0 Å². The van der Waals surface area contributed by atoms with Gasteiger partial charge in [-0.2, -0.15) is 0 Å². The Kier molecular flexibility index (Phi) is 4.04. The molecule has 1 aliphatic carbocycles. The van der Waals surface area contributed by atoms with Gasteiger partial charge in [0, 0.05) is 18.5 Å². The van der Waals surface area contributed by atoms with Crippen LogP contribution in [0.1, 0.15) is 33.1 Å². The number of amides is 1. The zero-order valence-corrected chi connectivity index (χ0v) is 11.1. The highest BCUT2D eigenvalue weighted by molar-refractivity contribution is 5.82. The quantitative estimate of drug-likeness (QED) is 0.774. The van der Waals surface area contributed by atoms with Gasteiger partial charge in [0.1, 0.15) is 12.4 Å². The van der Waals surface area contributed by atoms with Crippen molar-refractivity contribution < 1.29 is 14.3 Å². The molecule has 100 valence electrons. The van der Waals surface area contributed by atoms with Gasteiger partial charge in [-0.25, -0.2) is 4.79 Å². The van der Waals surface area contributed by atoms with E-state index in [1.165, 1.54) is 0 Å². The molecule has 2 rings (SSSR count). The molecule has 2 aliphatic rings. The number of nitrogens with zero attached hydrogens (tertiary/aromatic N) is 1. The summed E-state index contributed by atoms with van der Waals surface area (Å²) in [4.78, 5) is 24.8. The third kappa shape index (κ3) is 2.92. The van der Waals surface area contributed by atoms with Gasteiger partial charge in [-0.15, -0.1) is 0 Å². The second-order valence-electron chi connectivity index (χ2n) is 5.51. The second-order valence-corrected chi connectivity index (χ2v) is 5.51. The molecule has 0 aromatic rings. The maximum Gasteiger partial charge on any atom is 0.413 e. The van der Waals surface area contributed by atoms with E-state index in [1.54, 1.807) is 11.1 Å². The van der Waals surface area contributed by atoms with Gasteiger partial charge in [0.05, 0.1) is 6.54 Å². The van der Waals surface area contributed by atoms with Crippen molar-refractivity contribution in [1.29, 1.82) is 0 Å². The number of ketones is 1. The Bertz CT molecular complexity index is 362. The van der Waals surface area contributed by atoms with Gasteiger partial charge < -0.3 is 4.74 Å². The highest BCUT2D eigenvalue weighted by Gasteiger charge is 2.29. The smallest absolute Gasteiger partial charge is 0.413 e. The summed E-state index contributed by atoms with van der Waals surface area (Å²) in [5.74, 6) is 1.32. The number of carbonyl (C=O) groups excluding carboxylic acids is 2. The monoisotopic (exact) mass is 251 g/mol. The predicted molar refractivity (Wildman–Crippen MR) is 67.9 cm³/mol. The Morgan fingerprint density at radius 3 is 2.67 bits per heavy atom. The van der Waals surface area contributed by atoms with Crippen LogP contribution < -0.4 is 0 Å². The summed E-state index contributed by atoms with van der Waals surface area (Å²) >= 11 is 0. The van der Waals surface area contributed by atoms with E-state index in [4.69, 9.17) is 4.74 Å². The average Bonchev–Trinajstić information content (AvgIpc) is 2.72. The third-order valence-electron chi connectivity index (χ3n) is 3.86. The maximum atomic E-state index is 12.0. The molecule has 0 bridgehead atoms. The lowest BCUT2D eigenvalue weighted by molar-refractivity contribution is -0.126. The molecule has 1 amide bonds. The van der Waals surface area contributed by atoms with Crippen LogP contribution >= 0.6 is 0 Å². The molecule has 4 heteroatoms. The van der Waals surface area contributed by atoms with Crippen molar-refractivity contribution in [3.63, 3.8) is 0 Å². The number of Topliss-reactive ketones (excluding diaryl/α,β-unsaturated/α-hetero) is 1. The molecule has 18 heavy (non-hydrogen) atoms. The first-order chi connectivity index (χ1) is 8.58. The Balaban J connectivity index is 1.87. The number of carbonyl (C=O) groups is 2. The first-order valence-electron chi connectivity index (χ1n) is 6.72. The molecular weight excluding hydrogens is 230 g/mol. The first-order valence-corrected chi connectivity index (χ1v) is 6.72. The van der Waals surface area contributed by atoms with Crippen molar-refractivity contribution in [1.82, 2.24) is 4.90 Å². The highest BCUT2D eigenvalue weighted by atomic mass is 16.6. The average molecular weight is 251 g/mol. The van der Waals surface area contributed by atoms with Crippen molar-refractivity contribution in [2.45, 2.75) is 33.1 Å². The van der Waals surface area contributed by atoms with Crippen LogP contribution in [0.4, 0.5) is 4.79 Å². The lowest BCUT2D eigenvalue weighted by Crippen LogP contribution is -2.28. The van der Waals surface area contributed by atoms with Crippen LogP contribution in [0.25, 0.3) is 0 Å². The van der Waals surface area contributed by atoms with Crippen LogP contribution in [0, 0.1) is 17.8 Å². The van der Waals surface area contributed by atoms with Gasteiger partial charge in [-0.1, -0.05) is 19.9 Å². The Morgan fingerprint density at radius 2 is 2.11 bits per heavy atom. The third-order valence-corrected chi connectivity index (χ3v) is 3.86. The number of cyclic esters (lactones) is 1. The van der Waals surface area contributed by atoms with Crippen LogP contribution in [-0.2, 0) is 9.53 Å². The van der Waals surface area contributed by atoms with Crippen LogP contribution in [-0.4, -0.2) is 29.9 Å². The van der Waals surface area contributed by atoms with Crippen molar-refractivity contribution in [3.8, 4) is 0 Å². The normalized spacial score (nSPS) is 29.4. The molecule has 0 N–H and O–H groups in total. The zero-order chi connectivity index (χ0) is 13.1. The minimum Gasteiger partial charge on any atom is -0.447 e. The number of allylic oxidation sites excluding steroid dienone is 1. The van der Waals surface area contributed by atoms with Gasteiger partial charge in [0.25, 0.3) is 0 Å². The fourth-order valence-corrected chi connectivity index (χ4v) is 2.70. The Morgan fingerprint density at radius 1 is 1.33 bits per heavy atom. The molecule has 2 atom stereocenters. The number of hydrogen-bond donors (Lipinski definition) is 0. The molecule has 2 fully saturated rings.